The predicted octanol–water partition coefficient (Wildman–Crippen LogP) is 3.31. The first-order valence-corrected chi connectivity index (χ1v) is 10.0. The first kappa shape index (κ1) is 21.9. The van der Waals surface area contributed by atoms with E-state index in [9.17, 15) is 9.59 Å². The molecule has 1 aromatic heterocycles. The second-order valence-corrected chi connectivity index (χ2v) is 7.05. The van der Waals surface area contributed by atoms with Crippen LogP contribution in [0.4, 0.5) is 0 Å². The van der Waals surface area contributed by atoms with Crippen molar-refractivity contribution in [1.29, 1.82) is 0 Å². The lowest BCUT2D eigenvalue weighted by Gasteiger charge is -2.14. The van der Waals surface area contributed by atoms with Gasteiger partial charge in [-0.3, -0.25) is 20.4 Å². The van der Waals surface area contributed by atoms with E-state index in [2.05, 4.69) is 16.0 Å². The van der Waals surface area contributed by atoms with Crippen molar-refractivity contribution in [3.63, 3.8) is 0 Å². The van der Waals surface area contributed by atoms with Gasteiger partial charge in [-0.25, -0.2) is 4.68 Å². The third kappa shape index (κ3) is 5.03. The number of hydrogen-bond acceptors (Lipinski definition) is 5. The number of carbonyl (C=O) groups excluding carboxylic acids is 2. The van der Waals surface area contributed by atoms with Crippen LogP contribution in [0.1, 0.15) is 47.2 Å². The predicted molar refractivity (Wildman–Crippen MR) is 117 cm³/mol. The molecule has 3 rings (SSSR count). The van der Waals surface area contributed by atoms with E-state index in [0.29, 0.717) is 29.0 Å². The monoisotopic (exact) mass is 422 g/mol. The van der Waals surface area contributed by atoms with Crippen LogP contribution in [-0.4, -0.2) is 34.8 Å². The molecular weight excluding hydrogens is 396 g/mol. The smallest absolute Gasteiger partial charge is 0.273 e. The molecule has 0 spiro atoms. The molecule has 0 bridgehead atoms. The lowest BCUT2D eigenvalue weighted by Crippen LogP contribution is -2.41. The highest BCUT2D eigenvalue weighted by molar-refractivity contribution is 5.99. The van der Waals surface area contributed by atoms with Gasteiger partial charge in [0.15, 0.2) is 11.5 Å². The number of para-hydroxylation sites is 1. The summed E-state index contributed by atoms with van der Waals surface area (Å²) in [7, 11) is 1.50. The molecule has 0 unspecified atom stereocenters. The average Bonchev–Trinajstić information content (AvgIpc) is 3.22. The average molecular weight is 422 g/mol. The van der Waals surface area contributed by atoms with Crippen LogP contribution in [0.5, 0.6) is 11.5 Å². The van der Waals surface area contributed by atoms with Crippen molar-refractivity contribution in [2.75, 3.05) is 7.11 Å². The topological polar surface area (TPSA) is 94.5 Å². The molecule has 162 valence electrons. The number of ether oxygens (including phenoxy) is 2. The van der Waals surface area contributed by atoms with Gasteiger partial charge in [-0.1, -0.05) is 25.1 Å². The summed E-state index contributed by atoms with van der Waals surface area (Å²) in [5, 5.41) is 4.33. The normalized spacial score (nSPS) is 10.6. The van der Waals surface area contributed by atoms with Crippen molar-refractivity contribution in [3.8, 4) is 17.2 Å². The third-order valence-electron chi connectivity index (χ3n) is 4.53. The Balaban J connectivity index is 1.71. The molecule has 8 heteroatoms. The van der Waals surface area contributed by atoms with Gasteiger partial charge in [-0.2, -0.15) is 5.10 Å². The van der Waals surface area contributed by atoms with Crippen molar-refractivity contribution < 1.29 is 19.1 Å². The Hall–Kier alpha value is -3.81. The van der Waals surface area contributed by atoms with Crippen LogP contribution in [0.2, 0.25) is 0 Å². The molecule has 0 aliphatic heterocycles. The highest BCUT2D eigenvalue weighted by Gasteiger charge is 2.18. The molecule has 1 heterocycles. The van der Waals surface area contributed by atoms with Crippen molar-refractivity contribution in [2.24, 2.45) is 0 Å². The minimum absolute atomic E-state index is 0.0302. The first-order valence-electron chi connectivity index (χ1n) is 10.0. The number of hydrogen-bond donors (Lipinski definition) is 2. The zero-order valence-corrected chi connectivity index (χ0v) is 18.0. The number of benzene rings is 2. The molecular formula is C23H26N4O4. The molecule has 31 heavy (non-hydrogen) atoms. The Morgan fingerprint density at radius 2 is 1.74 bits per heavy atom. The second kappa shape index (κ2) is 9.80. The Kier molecular flexibility index (Phi) is 6.92. The lowest BCUT2D eigenvalue weighted by atomic mass is 10.2. The second-order valence-electron chi connectivity index (χ2n) is 7.05. The summed E-state index contributed by atoms with van der Waals surface area (Å²) in [5.41, 5.74) is 7.22. The molecule has 0 fully saturated rings. The van der Waals surface area contributed by atoms with Gasteiger partial charge in [0.25, 0.3) is 11.8 Å². The molecule has 3 aromatic rings. The van der Waals surface area contributed by atoms with Crippen molar-refractivity contribution >= 4 is 11.8 Å². The summed E-state index contributed by atoms with van der Waals surface area (Å²) < 4.78 is 12.7. The fourth-order valence-corrected chi connectivity index (χ4v) is 3.11. The number of carbonyl (C=O) groups is 2. The molecule has 0 aliphatic carbocycles. The number of amides is 2. The van der Waals surface area contributed by atoms with Crippen molar-refractivity contribution in [2.45, 2.75) is 33.3 Å². The zero-order valence-electron chi connectivity index (χ0n) is 18.0. The minimum Gasteiger partial charge on any atom is -0.493 e. The van der Waals surface area contributed by atoms with Gasteiger partial charge in [0.05, 0.1) is 36.4 Å². The maximum absolute atomic E-state index is 12.7. The number of methoxy groups -OCH3 is 1. The Morgan fingerprint density at radius 3 is 2.39 bits per heavy atom. The summed E-state index contributed by atoms with van der Waals surface area (Å²) in [6, 6.07) is 14.4. The summed E-state index contributed by atoms with van der Waals surface area (Å²) in [6.45, 7) is 5.75. The number of rotatable bonds is 7. The first-order chi connectivity index (χ1) is 14.9. The van der Waals surface area contributed by atoms with E-state index >= 15 is 0 Å². The van der Waals surface area contributed by atoms with Gasteiger partial charge in [-0.15, -0.1) is 0 Å². The van der Waals surface area contributed by atoms with E-state index in [4.69, 9.17) is 9.47 Å². The SMILES string of the molecule is CCc1c(C(=O)NNC(=O)c2ccc(OC(C)C)c(OC)c2)cnn1-c1ccccc1. The maximum atomic E-state index is 12.7. The Bertz CT molecular complexity index is 1060. The number of aromatic nitrogens is 2. The number of nitrogens with one attached hydrogen (secondary N) is 2. The lowest BCUT2D eigenvalue weighted by molar-refractivity contribution is 0.0846. The van der Waals surface area contributed by atoms with E-state index in [1.54, 1.807) is 22.9 Å². The fourth-order valence-electron chi connectivity index (χ4n) is 3.11. The number of nitrogens with zero attached hydrogens (tertiary/aromatic N) is 2. The molecule has 2 amide bonds. The highest BCUT2D eigenvalue weighted by Crippen LogP contribution is 2.28. The zero-order chi connectivity index (χ0) is 22.4. The molecule has 0 atom stereocenters. The van der Waals surface area contributed by atoms with Gasteiger partial charge in [0.1, 0.15) is 0 Å². The highest BCUT2D eigenvalue weighted by atomic mass is 16.5. The van der Waals surface area contributed by atoms with Crippen LogP contribution >= 0.6 is 0 Å². The van der Waals surface area contributed by atoms with Gasteiger partial charge in [0, 0.05) is 5.56 Å². The summed E-state index contributed by atoms with van der Waals surface area (Å²) >= 11 is 0. The van der Waals surface area contributed by atoms with Crippen LogP contribution in [0.15, 0.2) is 54.7 Å². The van der Waals surface area contributed by atoms with Gasteiger partial charge >= 0.3 is 0 Å². The molecule has 2 N–H and O–H groups in total. The molecule has 0 saturated carbocycles. The van der Waals surface area contributed by atoms with Gasteiger partial charge < -0.3 is 9.47 Å². The molecule has 0 aliphatic rings. The minimum atomic E-state index is -0.476. The van der Waals surface area contributed by atoms with Gasteiger partial charge in [-0.05, 0) is 50.6 Å². The van der Waals surface area contributed by atoms with E-state index in [1.165, 1.54) is 13.3 Å². The van der Waals surface area contributed by atoms with E-state index in [1.807, 2.05) is 51.1 Å². The van der Waals surface area contributed by atoms with E-state index < -0.39 is 11.8 Å². The van der Waals surface area contributed by atoms with Crippen LogP contribution in [-0.2, 0) is 6.42 Å². The largest absolute Gasteiger partial charge is 0.493 e. The van der Waals surface area contributed by atoms with Crippen LogP contribution < -0.4 is 20.3 Å². The molecule has 8 nitrogen and oxygen atoms in total. The Labute approximate surface area is 181 Å². The summed E-state index contributed by atoms with van der Waals surface area (Å²) in [6.07, 6.45) is 2.06. The Morgan fingerprint density at radius 1 is 1.03 bits per heavy atom. The molecule has 0 radical (unpaired) electrons. The molecule has 0 saturated heterocycles. The van der Waals surface area contributed by atoms with Crippen molar-refractivity contribution in [3.05, 3.63) is 71.5 Å². The maximum Gasteiger partial charge on any atom is 0.273 e. The van der Waals surface area contributed by atoms with E-state index in [-0.39, 0.29) is 6.10 Å². The van der Waals surface area contributed by atoms with Crippen molar-refractivity contribution in [1.82, 2.24) is 20.6 Å². The molecule has 2 aromatic carbocycles. The van der Waals surface area contributed by atoms with Crippen LogP contribution in [0.25, 0.3) is 5.69 Å². The summed E-state index contributed by atoms with van der Waals surface area (Å²) in [4.78, 5) is 25.2. The van der Waals surface area contributed by atoms with Crippen LogP contribution in [0, 0.1) is 0 Å². The fraction of sp³-hybridized carbons (Fsp3) is 0.261. The third-order valence-corrected chi connectivity index (χ3v) is 4.53. The summed E-state index contributed by atoms with van der Waals surface area (Å²) in [5.74, 6) is 0.0550. The number of hydrazine groups is 1. The standard InChI is InChI=1S/C23H26N4O4/c1-5-19-18(14-24-27(19)17-9-7-6-8-10-17)23(29)26-25-22(28)16-11-12-20(31-15(2)3)21(13-16)30-4/h6-15H,5H2,1-4H3,(H,25,28)(H,26,29). The van der Waals surface area contributed by atoms with Gasteiger partial charge in [0.2, 0.25) is 0 Å². The van der Waals surface area contributed by atoms with Crippen LogP contribution in [0.3, 0.4) is 0 Å². The van der Waals surface area contributed by atoms with E-state index in [0.717, 1.165) is 11.4 Å². The quantitative estimate of drug-likeness (QED) is 0.570.